The topological polar surface area (TPSA) is 20.3 Å². The van der Waals surface area contributed by atoms with Crippen LogP contribution in [0, 0.1) is 6.92 Å². The Morgan fingerprint density at radius 1 is 1.16 bits per heavy atom. The summed E-state index contributed by atoms with van der Waals surface area (Å²) >= 11 is 0. The molecule has 1 fully saturated rings. The predicted octanol–water partition coefficient (Wildman–Crippen LogP) is 3.77. The molecule has 1 saturated heterocycles. The molecule has 19 heavy (non-hydrogen) atoms. The van der Waals surface area contributed by atoms with Crippen LogP contribution in [0.1, 0.15) is 35.7 Å². The van der Waals surface area contributed by atoms with Gasteiger partial charge in [0, 0.05) is 18.2 Å². The van der Waals surface area contributed by atoms with Crippen molar-refractivity contribution in [3.05, 3.63) is 47.5 Å². The van der Waals surface area contributed by atoms with Crippen molar-refractivity contribution in [2.75, 3.05) is 6.54 Å². The molecule has 1 heterocycles. The van der Waals surface area contributed by atoms with Crippen molar-refractivity contribution in [1.82, 2.24) is 4.90 Å². The molecule has 2 aromatic carbocycles. The van der Waals surface area contributed by atoms with Gasteiger partial charge in [0.2, 0.25) is 0 Å². The second-order valence-corrected chi connectivity index (χ2v) is 5.56. The Bertz CT molecular complexity index is 632. The van der Waals surface area contributed by atoms with Gasteiger partial charge < -0.3 is 4.90 Å². The van der Waals surface area contributed by atoms with Gasteiger partial charge in [0.05, 0.1) is 0 Å². The van der Waals surface area contributed by atoms with E-state index < -0.39 is 0 Å². The third kappa shape index (κ3) is 2.23. The number of nitrogens with zero attached hydrogens (tertiary/aromatic N) is 1. The lowest BCUT2D eigenvalue weighted by atomic mass is 10.0. The van der Waals surface area contributed by atoms with E-state index in [1.807, 2.05) is 17.0 Å². The first kappa shape index (κ1) is 12.2. The summed E-state index contributed by atoms with van der Waals surface area (Å²) in [5, 5.41) is 2.34. The van der Waals surface area contributed by atoms with E-state index in [0.717, 1.165) is 30.3 Å². The number of hydrogen-bond acceptors (Lipinski definition) is 1. The molecule has 98 valence electrons. The molecule has 0 unspecified atom stereocenters. The number of benzene rings is 2. The summed E-state index contributed by atoms with van der Waals surface area (Å²) in [6.07, 6.45) is 2.25. The van der Waals surface area contributed by atoms with Crippen LogP contribution in [0.5, 0.6) is 0 Å². The maximum Gasteiger partial charge on any atom is 0.254 e. The Labute approximate surface area is 114 Å². The smallest absolute Gasteiger partial charge is 0.254 e. The summed E-state index contributed by atoms with van der Waals surface area (Å²) in [7, 11) is 0. The average molecular weight is 253 g/mol. The Balaban J connectivity index is 1.97. The molecule has 0 bridgehead atoms. The molecule has 2 nitrogen and oxygen atoms in total. The normalized spacial score (nSPS) is 19.1. The minimum atomic E-state index is 0.174. The van der Waals surface area contributed by atoms with Crippen molar-refractivity contribution in [3.63, 3.8) is 0 Å². The van der Waals surface area contributed by atoms with Crippen LogP contribution in [0.15, 0.2) is 36.4 Å². The quantitative estimate of drug-likeness (QED) is 0.757. The number of rotatable bonds is 1. The number of hydrogen-bond donors (Lipinski definition) is 0. The Morgan fingerprint density at radius 2 is 1.89 bits per heavy atom. The molecule has 1 aliphatic heterocycles. The van der Waals surface area contributed by atoms with Crippen LogP contribution in [-0.4, -0.2) is 23.4 Å². The predicted molar refractivity (Wildman–Crippen MR) is 78.4 cm³/mol. The zero-order valence-corrected chi connectivity index (χ0v) is 11.5. The van der Waals surface area contributed by atoms with E-state index in [1.165, 1.54) is 10.9 Å². The van der Waals surface area contributed by atoms with Crippen LogP contribution in [0.4, 0.5) is 0 Å². The van der Waals surface area contributed by atoms with Gasteiger partial charge >= 0.3 is 0 Å². The summed E-state index contributed by atoms with van der Waals surface area (Å²) in [4.78, 5) is 14.5. The first-order valence-electron chi connectivity index (χ1n) is 6.96. The van der Waals surface area contributed by atoms with Gasteiger partial charge in [-0.1, -0.05) is 29.8 Å². The summed E-state index contributed by atoms with van der Waals surface area (Å²) in [5.41, 5.74) is 2.06. The zero-order valence-electron chi connectivity index (χ0n) is 11.5. The highest BCUT2D eigenvalue weighted by Gasteiger charge is 2.25. The molecule has 1 atom stereocenters. The minimum Gasteiger partial charge on any atom is -0.336 e. The third-order valence-electron chi connectivity index (χ3n) is 4.06. The fraction of sp³-hybridized carbons (Fsp3) is 0.353. The number of fused-ring (bicyclic) bond motifs is 1. The molecule has 0 N–H and O–H groups in total. The molecule has 0 aliphatic carbocycles. The number of aryl methyl sites for hydroxylation is 1. The van der Waals surface area contributed by atoms with E-state index >= 15 is 0 Å². The highest BCUT2D eigenvalue weighted by molar-refractivity contribution is 5.99. The van der Waals surface area contributed by atoms with Gasteiger partial charge in [0.1, 0.15) is 0 Å². The summed E-state index contributed by atoms with van der Waals surface area (Å²) in [5.74, 6) is 0.174. The largest absolute Gasteiger partial charge is 0.336 e. The fourth-order valence-corrected chi connectivity index (χ4v) is 2.90. The second kappa shape index (κ2) is 4.69. The van der Waals surface area contributed by atoms with Crippen LogP contribution in [0.3, 0.4) is 0 Å². The SMILES string of the molecule is Cc1ccc2cc(C(=O)N3CCC[C@H]3C)ccc2c1. The first-order chi connectivity index (χ1) is 9.15. The molecule has 1 aliphatic rings. The third-order valence-corrected chi connectivity index (χ3v) is 4.06. The van der Waals surface area contributed by atoms with Crippen molar-refractivity contribution in [1.29, 1.82) is 0 Å². The molecule has 0 radical (unpaired) electrons. The van der Waals surface area contributed by atoms with Crippen LogP contribution >= 0.6 is 0 Å². The molecule has 0 saturated carbocycles. The number of carbonyl (C=O) groups is 1. The lowest BCUT2D eigenvalue weighted by Gasteiger charge is -2.21. The summed E-state index contributed by atoms with van der Waals surface area (Å²) in [6, 6.07) is 12.7. The molecule has 0 aromatic heterocycles. The highest BCUT2D eigenvalue weighted by atomic mass is 16.2. The lowest BCUT2D eigenvalue weighted by molar-refractivity contribution is 0.0747. The maximum atomic E-state index is 12.5. The second-order valence-electron chi connectivity index (χ2n) is 5.56. The van der Waals surface area contributed by atoms with E-state index in [9.17, 15) is 4.79 Å². The Morgan fingerprint density at radius 3 is 2.63 bits per heavy atom. The number of likely N-dealkylation sites (tertiary alicyclic amines) is 1. The molecule has 2 heteroatoms. The highest BCUT2D eigenvalue weighted by Crippen LogP contribution is 2.22. The van der Waals surface area contributed by atoms with Crippen LogP contribution in [0.2, 0.25) is 0 Å². The monoisotopic (exact) mass is 253 g/mol. The van der Waals surface area contributed by atoms with Crippen LogP contribution in [-0.2, 0) is 0 Å². The standard InChI is InChI=1S/C17H19NO/c1-12-5-6-15-11-16(8-7-14(15)10-12)17(19)18-9-3-4-13(18)2/h5-8,10-11,13H,3-4,9H2,1-2H3/t13-/m1/s1. The van der Waals surface area contributed by atoms with Gasteiger partial charge in [-0.3, -0.25) is 4.79 Å². The summed E-state index contributed by atoms with van der Waals surface area (Å²) < 4.78 is 0. The lowest BCUT2D eigenvalue weighted by Crippen LogP contribution is -2.33. The molecular formula is C17H19NO. The van der Waals surface area contributed by atoms with Gasteiger partial charge in [0.25, 0.3) is 5.91 Å². The zero-order chi connectivity index (χ0) is 13.4. The molecule has 2 aromatic rings. The maximum absolute atomic E-state index is 12.5. The fourth-order valence-electron chi connectivity index (χ4n) is 2.90. The van der Waals surface area contributed by atoms with Gasteiger partial charge in [-0.15, -0.1) is 0 Å². The average Bonchev–Trinajstić information content (AvgIpc) is 2.83. The Hall–Kier alpha value is -1.83. The van der Waals surface area contributed by atoms with Gasteiger partial charge in [-0.25, -0.2) is 0 Å². The number of carbonyl (C=O) groups excluding carboxylic acids is 1. The Kier molecular flexibility index (Phi) is 3.02. The van der Waals surface area contributed by atoms with E-state index in [0.29, 0.717) is 6.04 Å². The first-order valence-corrected chi connectivity index (χ1v) is 6.96. The molecular weight excluding hydrogens is 234 g/mol. The number of amides is 1. The van der Waals surface area contributed by atoms with E-state index in [2.05, 4.69) is 38.1 Å². The van der Waals surface area contributed by atoms with Crippen molar-refractivity contribution in [2.24, 2.45) is 0 Å². The van der Waals surface area contributed by atoms with Crippen LogP contribution < -0.4 is 0 Å². The minimum absolute atomic E-state index is 0.174. The van der Waals surface area contributed by atoms with E-state index in [-0.39, 0.29) is 5.91 Å². The van der Waals surface area contributed by atoms with Crippen LogP contribution in [0.25, 0.3) is 10.8 Å². The summed E-state index contributed by atoms with van der Waals surface area (Å²) in [6.45, 7) is 5.12. The van der Waals surface area contributed by atoms with E-state index in [4.69, 9.17) is 0 Å². The molecule has 0 spiro atoms. The van der Waals surface area contributed by atoms with Crippen molar-refractivity contribution >= 4 is 16.7 Å². The van der Waals surface area contributed by atoms with Crippen molar-refractivity contribution in [3.8, 4) is 0 Å². The van der Waals surface area contributed by atoms with Crippen molar-refractivity contribution in [2.45, 2.75) is 32.7 Å². The van der Waals surface area contributed by atoms with Gasteiger partial charge in [-0.2, -0.15) is 0 Å². The van der Waals surface area contributed by atoms with Gasteiger partial charge in [0.15, 0.2) is 0 Å². The van der Waals surface area contributed by atoms with Crippen molar-refractivity contribution < 1.29 is 4.79 Å². The van der Waals surface area contributed by atoms with E-state index in [1.54, 1.807) is 0 Å². The molecule has 3 rings (SSSR count). The van der Waals surface area contributed by atoms with Gasteiger partial charge in [-0.05, 0) is 49.6 Å². The molecule has 1 amide bonds.